The zero-order valence-corrected chi connectivity index (χ0v) is 11.8. The fourth-order valence-electron chi connectivity index (χ4n) is 1.71. The maximum absolute atomic E-state index is 11.9. The predicted octanol–water partition coefficient (Wildman–Crippen LogP) is 2.26. The lowest BCUT2D eigenvalue weighted by molar-refractivity contribution is 0.0940. The summed E-state index contributed by atoms with van der Waals surface area (Å²) in [6.45, 7) is 6.12. The van der Waals surface area contributed by atoms with Gasteiger partial charge in [0, 0.05) is 6.04 Å². The molecule has 1 unspecified atom stereocenters. The minimum atomic E-state index is -0.162. The van der Waals surface area contributed by atoms with Crippen molar-refractivity contribution in [2.24, 2.45) is 5.92 Å². The van der Waals surface area contributed by atoms with E-state index in [9.17, 15) is 4.79 Å². The van der Waals surface area contributed by atoms with Crippen molar-refractivity contribution in [1.82, 2.24) is 5.32 Å². The first-order chi connectivity index (χ1) is 8.52. The van der Waals surface area contributed by atoms with Crippen molar-refractivity contribution in [3.05, 3.63) is 21.9 Å². The van der Waals surface area contributed by atoms with Crippen molar-refractivity contribution in [1.29, 1.82) is 0 Å². The summed E-state index contributed by atoms with van der Waals surface area (Å²) < 4.78 is 0. The van der Waals surface area contributed by atoms with Crippen LogP contribution >= 0.6 is 11.3 Å². The summed E-state index contributed by atoms with van der Waals surface area (Å²) in [7, 11) is 0. The van der Waals surface area contributed by atoms with Crippen LogP contribution in [0, 0.1) is 17.8 Å². The Morgan fingerprint density at radius 2 is 2.17 bits per heavy atom. The minimum absolute atomic E-state index is 0.0507. The summed E-state index contributed by atoms with van der Waals surface area (Å²) in [6, 6.07) is 3.74. The Bertz CT molecular complexity index is 454. The second-order valence-corrected chi connectivity index (χ2v) is 5.71. The maximum atomic E-state index is 11.9. The third-order valence-corrected chi connectivity index (χ3v) is 3.32. The lowest BCUT2D eigenvalue weighted by Gasteiger charge is -2.15. The molecule has 2 N–H and O–H groups in total. The zero-order chi connectivity index (χ0) is 13.5. The van der Waals surface area contributed by atoms with Crippen LogP contribution < -0.4 is 5.32 Å². The number of hydrogen-bond acceptors (Lipinski definition) is 3. The number of aliphatic hydroxyl groups excluding tert-OH is 1. The number of carbonyl (C=O) groups is 1. The smallest absolute Gasteiger partial charge is 0.261 e. The van der Waals surface area contributed by atoms with Gasteiger partial charge < -0.3 is 10.4 Å². The molecule has 1 aromatic heterocycles. The van der Waals surface area contributed by atoms with Gasteiger partial charge in [-0.3, -0.25) is 4.79 Å². The van der Waals surface area contributed by atoms with E-state index in [0.717, 1.165) is 11.3 Å². The van der Waals surface area contributed by atoms with Gasteiger partial charge in [-0.15, -0.1) is 11.3 Å². The number of thiophene rings is 1. The SMILES string of the molecule is CC(C)CC(C)NC(=O)c1ccc(C#CCO)s1. The molecule has 18 heavy (non-hydrogen) atoms. The Kier molecular flexibility index (Phi) is 5.90. The quantitative estimate of drug-likeness (QED) is 0.820. The Balaban J connectivity index is 2.59. The second kappa shape index (κ2) is 7.20. The summed E-state index contributed by atoms with van der Waals surface area (Å²) in [4.78, 5) is 13.4. The van der Waals surface area contributed by atoms with E-state index in [1.807, 2.05) is 6.92 Å². The van der Waals surface area contributed by atoms with E-state index in [1.54, 1.807) is 12.1 Å². The molecule has 0 aromatic carbocycles. The Labute approximate surface area is 112 Å². The second-order valence-electron chi connectivity index (χ2n) is 4.63. The molecule has 0 saturated carbocycles. The third kappa shape index (κ3) is 4.91. The molecular formula is C14H19NO2S. The monoisotopic (exact) mass is 265 g/mol. The highest BCUT2D eigenvalue weighted by atomic mass is 32.1. The third-order valence-electron chi connectivity index (χ3n) is 2.32. The molecule has 98 valence electrons. The Hall–Kier alpha value is -1.31. The molecule has 0 aliphatic carbocycles. The fourth-order valence-corrected chi connectivity index (χ4v) is 2.50. The lowest BCUT2D eigenvalue weighted by Crippen LogP contribution is -2.32. The molecule has 4 heteroatoms. The number of aliphatic hydroxyl groups is 1. The van der Waals surface area contributed by atoms with Gasteiger partial charge in [0.2, 0.25) is 0 Å². The van der Waals surface area contributed by atoms with Gasteiger partial charge >= 0.3 is 0 Å². The highest BCUT2D eigenvalue weighted by Gasteiger charge is 2.12. The Morgan fingerprint density at radius 1 is 1.44 bits per heavy atom. The first kappa shape index (κ1) is 14.7. The van der Waals surface area contributed by atoms with E-state index >= 15 is 0 Å². The van der Waals surface area contributed by atoms with Crippen molar-refractivity contribution in [3.63, 3.8) is 0 Å². The highest BCUT2D eigenvalue weighted by molar-refractivity contribution is 7.14. The lowest BCUT2D eigenvalue weighted by atomic mass is 10.1. The molecule has 1 heterocycles. The van der Waals surface area contributed by atoms with Gasteiger partial charge in [0.15, 0.2) is 0 Å². The molecule has 0 bridgehead atoms. The van der Waals surface area contributed by atoms with Gasteiger partial charge in [0.25, 0.3) is 5.91 Å². The molecular weight excluding hydrogens is 246 g/mol. The number of amides is 1. The molecule has 1 aromatic rings. The molecule has 3 nitrogen and oxygen atoms in total. The normalized spacial score (nSPS) is 11.8. The van der Waals surface area contributed by atoms with Crippen LogP contribution in [0.25, 0.3) is 0 Å². The number of carbonyl (C=O) groups excluding carboxylic acids is 1. The molecule has 0 radical (unpaired) electrons. The summed E-state index contributed by atoms with van der Waals surface area (Å²) in [5.74, 6) is 5.88. The minimum Gasteiger partial charge on any atom is -0.384 e. The van der Waals surface area contributed by atoms with Crippen LogP contribution in [0.15, 0.2) is 12.1 Å². The number of nitrogens with one attached hydrogen (secondary N) is 1. The first-order valence-corrected chi connectivity index (χ1v) is 6.85. The average molecular weight is 265 g/mol. The van der Waals surface area contributed by atoms with Gasteiger partial charge in [0.05, 0.1) is 9.75 Å². The van der Waals surface area contributed by atoms with E-state index in [2.05, 4.69) is 31.0 Å². The van der Waals surface area contributed by atoms with Gasteiger partial charge in [-0.25, -0.2) is 0 Å². The van der Waals surface area contributed by atoms with Crippen LogP contribution in [0.5, 0.6) is 0 Å². The molecule has 0 saturated heterocycles. The topological polar surface area (TPSA) is 49.3 Å². The van der Waals surface area contributed by atoms with Crippen molar-refractivity contribution < 1.29 is 9.90 Å². The predicted molar refractivity (Wildman–Crippen MR) is 74.7 cm³/mol. The van der Waals surface area contributed by atoms with E-state index in [1.165, 1.54) is 11.3 Å². The summed E-state index contributed by atoms with van der Waals surface area (Å²) in [5.41, 5.74) is 0. The van der Waals surface area contributed by atoms with Crippen LogP contribution in [0.1, 0.15) is 41.7 Å². The van der Waals surface area contributed by atoms with Crippen LogP contribution in [0.3, 0.4) is 0 Å². The molecule has 0 aliphatic heterocycles. The zero-order valence-electron chi connectivity index (χ0n) is 11.0. The van der Waals surface area contributed by atoms with Gasteiger partial charge in [-0.05, 0) is 31.4 Å². The largest absolute Gasteiger partial charge is 0.384 e. The van der Waals surface area contributed by atoms with E-state index < -0.39 is 0 Å². The van der Waals surface area contributed by atoms with Gasteiger partial charge in [-0.1, -0.05) is 25.7 Å². The fraction of sp³-hybridized carbons (Fsp3) is 0.500. The van der Waals surface area contributed by atoms with E-state index in [0.29, 0.717) is 10.8 Å². The molecule has 1 atom stereocenters. The molecule has 0 spiro atoms. The van der Waals surface area contributed by atoms with Gasteiger partial charge in [-0.2, -0.15) is 0 Å². The van der Waals surface area contributed by atoms with E-state index in [-0.39, 0.29) is 18.6 Å². The molecule has 1 amide bonds. The van der Waals surface area contributed by atoms with Crippen LogP contribution in [-0.2, 0) is 0 Å². The summed E-state index contributed by atoms with van der Waals surface area (Å²) in [6.07, 6.45) is 0.967. The molecule has 0 aliphatic rings. The maximum Gasteiger partial charge on any atom is 0.261 e. The van der Waals surface area contributed by atoms with Crippen LogP contribution in [0.2, 0.25) is 0 Å². The Morgan fingerprint density at radius 3 is 2.78 bits per heavy atom. The van der Waals surface area contributed by atoms with Crippen molar-refractivity contribution >= 4 is 17.2 Å². The first-order valence-electron chi connectivity index (χ1n) is 6.03. The average Bonchev–Trinajstić information content (AvgIpc) is 2.73. The van der Waals surface area contributed by atoms with Crippen molar-refractivity contribution in [2.45, 2.75) is 33.2 Å². The van der Waals surface area contributed by atoms with E-state index in [4.69, 9.17) is 5.11 Å². The summed E-state index contributed by atoms with van der Waals surface area (Å²) in [5, 5.41) is 11.6. The molecule has 1 rings (SSSR count). The highest BCUT2D eigenvalue weighted by Crippen LogP contribution is 2.16. The van der Waals surface area contributed by atoms with Crippen molar-refractivity contribution in [3.8, 4) is 11.8 Å². The number of hydrogen-bond donors (Lipinski definition) is 2. The summed E-state index contributed by atoms with van der Waals surface area (Å²) >= 11 is 1.35. The van der Waals surface area contributed by atoms with Crippen LogP contribution in [0.4, 0.5) is 0 Å². The van der Waals surface area contributed by atoms with Gasteiger partial charge in [0.1, 0.15) is 6.61 Å². The molecule has 0 fully saturated rings. The standard InChI is InChI=1S/C14H19NO2S/c1-10(2)9-11(3)15-14(17)13-7-6-12(18-13)5-4-8-16/h6-7,10-11,16H,8-9H2,1-3H3,(H,15,17). The van der Waals surface area contributed by atoms with Crippen LogP contribution in [-0.4, -0.2) is 23.7 Å². The van der Waals surface area contributed by atoms with Crippen molar-refractivity contribution in [2.75, 3.05) is 6.61 Å². The number of rotatable bonds is 4.